The van der Waals surface area contributed by atoms with Gasteiger partial charge in [-0.2, -0.15) is 0 Å². The fourth-order valence-electron chi connectivity index (χ4n) is 2.35. The van der Waals surface area contributed by atoms with Crippen LogP contribution in [0.4, 0.5) is 5.69 Å². The number of carbonyl (C=O) groups excluding carboxylic acids is 1. The maximum atomic E-state index is 11.9. The van der Waals surface area contributed by atoms with E-state index < -0.39 is 0 Å². The SMILES string of the molecule is COC(=O)C(Nc1ccc(Cl)c2cccnc12)C1CC1. The Kier molecular flexibility index (Phi) is 3.49. The number of hydrogen-bond acceptors (Lipinski definition) is 4. The van der Waals surface area contributed by atoms with Crippen LogP contribution in [0.3, 0.4) is 0 Å². The van der Waals surface area contributed by atoms with E-state index in [9.17, 15) is 4.79 Å². The van der Waals surface area contributed by atoms with Crippen LogP contribution < -0.4 is 5.32 Å². The molecule has 0 aliphatic heterocycles. The number of fused-ring (bicyclic) bond motifs is 1. The van der Waals surface area contributed by atoms with E-state index in [2.05, 4.69) is 10.3 Å². The minimum atomic E-state index is -0.314. The van der Waals surface area contributed by atoms with Gasteiger partial charge in [0, 0.05) is 11.6 Å². The number of hydrogen-bond donors (Lipinski definition) is 1. The van der Waals surface area contributed by atoms with Gasteiger partial charge in [0.15, 0.2) is 0 Å². The van der Waals surface area contributed by atoms with Gasteiger partial charge in [-0.25, -0.2) is 4.79 Å². The molecule has 1 aromatic heterocycles. The molecule has 0 bridgehead atoms. The number of pyridine rings is 1. The molecule has 1 aliphatic rings. The van der Waals surface area contributed by atoms with Crippen LogP contribution >= 0.6 is 11.6 Å². The van der Waals surface area contributed by atoms with E-state index in [4.69, 9.17) is 16.3 Å². The van der Waals surface area contributed by atoms with Crippen LogP contribution in [0.2, 0.25) is 5.02 Å². The van der Waals surface area contributed by atoms with Gasteiger partial charge in [0.1, 0.15) is 6.04 Å². The summed E-state index contributed by atoms with van der Waals surface area (Å²) in [6.45, 7) is 0. The summed E-state index contributed by atoms with van der Waals surface area (Å²) in [5.74, 6) is 0.114. The van der Waals surface area contributed by atoms with Gasteiger partial charge in [0.05, 0.1) is 23.3 Å². The van der Waals surface area contributed by atoms with E-state index in [0.29, 0.717) is 10.9 Å². The monoisotopic (exact) mass is 290 g/mol. The highest BCUT2D eigenvalue weighted by atomic mass is 35.5. The topological polar surface area (TPSA) is 51.2 Å². The van der Waals surface area contributed by atoms with Crippen molar-refractivity contribution in [2.45, 2.75) is 18.9 Å². The Morgan fingerprint density at radius 3 is 2.95 bits per heavy atom. The number of anilines is 1. The van der Waals surface area contributed by atoms with Gasteiger partial charge in [0.2, 0.25) is 0 Å². The number of nitrogens with one attached hydrogen (secondary N) is 1. The number of halogens is 1. The molecule has 0 spiro atoms. The first-order valence-corrected chi connectivity index (χ1v) is 6.96. The number of methoxy groups -OCH3 is 1. The fourth-order valence-corrected chi connectivity index (χ4v) is 2.56. The molecule has 2 aromatic rings. The largest absolute Gasteiger partial charge is 0.467 e. The minimum Gasteiger partial charge on any atom is -0.467 e. The number of rotatable bonds is 4. The van der Waals surface area contributed by atoms with Gasteiger partial charge in [-0.1, -0.05) is 11.6 Å². The summed E-state index contributed by atoms with van der Waals surface area (Å²) < 4.78 is 4.87. The van der Waals surface area contributed by atoms with Gasteiger partial charge < -0.3 is 10.1 Å². The molecule has 1 aliphatic carbocycles. The Balaban J connectivity index is 1.97. The summed E-state index contributed by atoms with van der Waals surface area (Å²) in [4.78, 5) is 16.2. The molecule has 5 heteroatoms. The number of ether oxygens (including phenoxy) is 1. The zero-order chi connectivity index (χ0) is 14.1. The van der Waals surface area contributed by atoms with Gasteiger partial charge in [0.25, 0.3) is 0 Å². The van der Waals surface area contributed by atoms with Crippen LogP contribution in [0.25, 0.3) is 10.9 Å². The molecule has 0 radical (unpaired) electrons. The first-order chi connectivity index (χ1) is 9.70. The Hall–Kier alpha value is -1.81. The third-order valence-corrected chi connectivity index (χ3v) is 3.91. The quantitative estimate of drug-likeness (QED) is 0.878. The van der Waals surface area contributed by atoms with Crippen LogP contribution in [0.1, 0.15) is 12.8 Å². The lowest BCUT2D eigenvalue weighted by Crippen LogP contribution is -2.32. The molecular weight excluding hydrogens is 276 g/mol. The van der Waals surface area contributed by atoms with Crippen LogP contribution in [-0.2, 0) is 9.53 Å². The highest BCUT2D eigenvalue weighted by Gasteiger charge is 2.37. The molecule has 1 unspecified atom stereocenters. The van der Waals surface area contributed by atoms with Crippen molar-refractivity contribution >= 4 is 34.2 Å². The van der Waals surface area contributed by atoms with Gasteiger partial charge in [-0.15, -0.1) is 0 Å². The van der Waals surface area contributed by atoms with Crippen LogP contribution in [-0.4, -0.2) is 24.1 Å². The molecule has 1 atom stereocenters. The van der Waals surface area contributed by atoms with E-state index in [0.717, 1.165) is 29.4 Å². The zero-order valence-electron chi connectivity index (χ0n) is 11.1. The molecular formula is C15H15ClN2O2. The number of esters is 1. The molecule has 0 saturated heterocycles. The van der Waals surface area contributed by atoms with Gasteiger partial charge >= 0.3 is 5.97 Å². The van der Waals surface area contributed by atoms with Crippen molar-refractivity contribution in [2.75, 3.05) is 12.4 Å². The normalized spacial score (nSPS) is 15.9. The summed E-state index contributed by atoms with van der Waals surface area (Å²) >= 11 is 6.17. The second-order valence-corrected chi connectivity index (χ2v) is 5.38. The van der Waals surface area contributed by atoms with Crippen molar-refractivity contribution in [3.63, 3.8) is 0 Å². The van der Waals surface area contributed by atoms with Crippen LogP contribution in [0.15, 0.2) is 30.5 Å². The van der Waals surface area contributed by atoms with Gasteiger partial charge in [-0.3, -0.25) is 4.98 Å². The van der Waals surface area contributed by atoms with Gasteiger partial charge in [-0.05, 0) is 43.0 Å². The van der Waals surface area contributed by atoms with Crippen molar-refractivity contribution < 1.29 is 9.53 Å². The molecule has 1 saturated carbocycles. The summed E-state index contributed by atoms with van der Waals surface area (Å²) in [5, 5.41) is 4.79. The average Bonchev–Trinajstić information content (AvgIpc) is 3.31. The molecule has 1 aromatic carbocycles. The predicted molar refractivity (Wildman–Crippen MR) is 78.9 cm³/mol. The lowest BCUT2D eigenvalue weighted by molar-refractivity contribution is -0.142. The smallest absolute Gasteiger partial charge is 0.328 e. The van der Waals surface area contributed by atoms with Crippen LogP contribution in [0, 0.1) is 5.92 Å². The maximum absolute atomic E-state index is 11.9. The molecule has 104 valence electrons. The van der Waals surface area contributed by atoms with E-state index in [1.807, 2.05) is 24.3 Å². The lowest BCUT2D eigenvalue weighted by Gasteiger charge is -2.18. The minimum absolute atomic E-state index is 0.230. The molecule has 1 fully saturated rings. The summed E-state index contributed by atoms with van der Waals surface area (Å²) in [6, 6.07) is 7.12. The molecule has 0 amide bonds. The first-order valence-electron chi connectivity index (χ1n) is 6.58. The van der Waals surface area contributed by atoms with E-state index >= 15 is 0 Å². The average molecular weight is 291 g/mol. The highest BCUT2D eigenvalue weighted by molar-refractivity contribution is 6.35. The van der Waals surface area contributed by atoms with Crippen molar-refractivity contribution in [3.05, 3.63) is 35.5 Å². The Morgan fingerprint density at radius 1 is 1.45 bits per heavy atom. The number of benzene rings is 1. The predicted octanol–water partition coefficient (Wildman–Crippen LogP) is 3.25. The van der Waals surface area contributed by atoms with E-state index in [1.165, 1.54) is 7.11 Å². The zero-order valence-corrected chi connectivity index (χ0v) is 11.9. The molecule has 1 heterocycles. The second-order valence-electron chi connectivity index (χ2n) is 4.98. The molecule has 3 rings (SSSR count). The van der Waals surface area contributed by atoms with Crippen molar-refractivity contribution in [2.24, 2.45) is 5.92 Å². The molecule has 4 nitrogen and oxygen atoms in total. The van der Waals surface area contributed by atoms with Crippen molar-refractivity contribution in [1.29, 1.82) is 0 Å². The number of aromatic nitrogens is 1. The van der Waals surface area contributed by atoms with E-state index in [1.54, 1.807) is 6.20 Å². The van der Waals surface area contributed by atoms with Crippen molar-refractivity contribution in [1.82, 2.24) is 4.98 Å². The first kappa shape index (κ1) is 13.2. The van der Waals surface area contributed by atoms with Crippen LogP contribution in [0.5, 0.6) is 0 Å². The lowest BCUT2D eigenvalue weighted by atomic mass is 10.1. The molecule has 1 N–H and O–H groups in total. The number of carbonyl (C=O) groups is 1. The fraction of sp³-hybridized carbons (Fsp3) is 0.333. The maximum Gasteiger partial charge on any atom is 0.328 e. The molecule has 20 heavy (non-hydrogen) atoms. The summed E-state index contributed by atoms with van der Waals surface area (Å²) in [7, 11) is 1.41. The Morgan fingerprint density at radius 2 is 2.25 bits per heavy atom. The Bertz CT molecular complexity index is 655. The third-order valence-electron chi connectivity index (χ3n) is 3.58. The standard InChI is InChI=1S/C15H15ClN2O2/c1-20-15(19)13(9-4-5-9)18-12-7-6-11(16)10-3-2-8-17-14(10)12/h2-3,6-9,13,18H,4-5H2,1H3. The Labute approximate surface area is 122 Å². The highest BCUT2D eigenvalue weighted by Crippen LogP contribution is 2.36. The van der Waals surface area contributed by atoms with E-state index in [-0.39, 0.29) is 12.0 Å². The third kappa shape index (κ3) is 2.43. The number of nitrogens with zero attached hydrogens (tertiary/aromatic N) is 1. The van der Waals surface area contributed by atoms with Crippen molar-refractivity contribution in [3.8, 4) is 0 Å². The summed E-state index contributed by atoms with van der Waals surface area (Å²) in [6.07, 6.45) is 3.81. The second kappa shape index (κ2) is 5.29. The summed E-state index contributed by atoms with van der Waals surface area (Å²) in [5.41, 5.74) is 1.59.